The molecule has 0 atom stereocenters. The number of benzene rings is 1. The maximum absolute atomic E-state index is 11.9. The Kier molecular flexibility index (Phi) is 4.06. The van der Waals surface area contributed by atoms with Crippen molar-refractivity contribution in [2.24, 2.45) is 0 Å². The maximum atomic E-state index is 11.9. The van der Waals surface area contributed by atoms with Crippen molar-refractivity contribution >= 4 is 59.4 Å². The third-order valence-corrected chi connectivity index (χ3v) is 3.81. The number of nitrogens with one attached hydrogen (secondary N) is 1. The van der Waals surface area contributed by atoms with Gasteiger partial charge in [-0.2, -0.15) is 0 Å². The van der Waals surface area contributed by atoms with E-state index in [1.54, 1.807) is 12.1 Å². The van der Waals surface area contributed by atoms with Crippen LogP contribution < -0.4 is 5.32 Å². The predicted octanol–water partition coefficient (Wildman–Crippen LogP) is 4.82. The zero-order chi connectivity index (χ0) is 12.4. The Hall–Kier alpha value is -0.590. The molecule has 1 aromatic carbocycles. The summed E-state index contributed by atoms with van der Waals surface area (Å²) < 4.78 is 7.17. The minimum absolute atomic E-state index is 0.228. The van der Waals surface area contributed by atoms with Crippen molar-refractivity contribution in [2.75, 3.05) is 5.32 Å². The van der Waals surface area contributed by atoms with E-state index in [9.17, 15) is 4.79 Å². The summed E-state index contributed by atoms with van der Waals surface area (Å²) in [6.45, 7) is 0. The quantitative estimate of drug-likeness (QED) is 0.752. The van der Waals surface area contributed by atoms with Crippen LogP contribution in [-0.2, 0) is 0 Å². The largest absolute Gasteiger partial charge is 0.457 e. The van der Waals surface area contributed by atoms with Crippen molar-refractivity contribution in [3.8, 4) is 0 Å². The minimum atomic E-state index is -0.228. The highest BCUT2D eigenvalue weighted by Crippen LogP contribution is 2.27. The number of carbonyl (C=O) groups is 1. The highest BCUT2D eigenvalue weighted by Gasteiger charge is 2.13. The first-order valence-electron chi connectivity index (χ1n) is 4.57. The molecule has 3 nitrogen and oxygen atoms in total. The van der Waals surface area contributed by atoms with E-state index in [4.69, 9.17) is 4.42 Å². The van der Waals surface area contributed by atoms with Gasteiger partial charge < -0.3 is 9.73 Å². The number of halogens is 3. The van der Waals surface area contributed by atoms with Crippen LogP contribution in [0.2, 0.25) is 0 Å². The molecule has 0 saturated heterocycles. The van der Waals surface area contributed by atoms with Crippen molar-refractivity contribution < 1.29 is 9.21 Å². The normalized spacial score (nSPS) is 10.3. The summed E-state index contributed by atoms with van der Waals surface area (Å²) in [6, 6.07) is 7.12. The molecule has 0 saturated carbocycles. The second-order valence-corrected chi connectivity index (χ2v) is 5.68. The number of carbonyl (C=O) groups excluding carboxylic acids is 1. The molecule has 0 bridgehead atoms. The summed E-state index contributed by atoms with van der Waals surface area (Å²) in [5, 5.41) is 2.78. The molecule has 6 heteroatoms. The Morgan fingerprint density at radius 1 is 1.18 bits per heavy atom. The number of hydrogen-bond donors (Lipinski definition) is 1. The first-order valence-corrected chi connectivity index (χ1v) is 6.95. The maximum Gasteiger partial charge on any atom is 0.260 e. The molecule has 0 aliphatic heterocycles. The lowest BCUT2D eigenvalue weighted by Crippen LogP contribution is -2.11. The van der Waals surface area contributed by atoms with Crippen molar-refractivity contribution in [3.05, 3.63) is 49.7 Å². The highest BCUT2D eigenvalue weighted by molar-refractivity contribution is 9.11. The Bertz CT molecular complexity index is 566. The van der Waals surface area contributed by atoms with Crippen LogP contribution in [0.4, 0.5) is 5.69 Å². The van der Waals surface area contributed by atoms with E-state index in [1.165, 1.54) is 6.26 Å². The molecule has 0 radical (unpaired) electrons. The van der Waals surface area contributed by atoms with Crippen LogP contribution in [0.15, 0.2) is 48.6 Å². The van der Waals surface area contributed by atoms with E-state index >= 15 is 0 Å². The van der Waals surface area contributed by atoms with Gasteiger partial charge >= 0.3 is 0 Å². The van der Waals surface area contributed by atoms with Gasteiger partial charge in [-0.3, -0.25) is 4.79 Å². The van der Waals surface area contributed by atoms with Crippen molar-refractivity contribution in [1.29, 1.82) is 0 Å². The predicted molar refractivity (Wildman–Crippen MR) is 76.2 cm³/mol. The molecular weight excluding hydrogens is 418 g/mol. The van der Waals surface area contributed by atoms with E-state index in [0.29, 0.717) is 15.9 Å². The molecule has 0 unspecified atom stereocenters. The van der Waals surface area contributed by atoms with E-state index in [1.807, 2.05) is 12.1 Å². The summed E-state index contributed by atoms with van der Waals surface area (Å²) in [4.78, 5) is 11.9. The highest BCUT2D eigenvalue weighted by atomic mass is 79.9. The molecule has 0 aliphatic rings. The van der Waals surface area contributed by atoms with Crippen molar-refractivity contribution in [2.45, 2.75) is 0 Å². The molecule has 1 N–H and O–H groups in total. The van der Waals surface area contributed by atoms with Gasteiger partial charge in [-0.05, 0) is 56.1 Å². The van der Waals surface area contributed by atoms with Gasteiger partial charge in [0.05, 0.1) is 17.5 Å². The lowest BCUT2D eigenvalue weighted by Gasteiger charge is -2.06. The van der Waals surface area contributed by atoms with Crippen LogP contribution in [0.25, 0.3) is 0 Å². The molecule has 0 fully saturated rings. The lowest BCUT2D eigenvalue weighted by molar-refractivity contribution is 0.102. The molecule has 17 heavy (non-hydrogen) atoms. The van der Waals surface area contributed by atoms with Crippen LogP contribution in [0.3, 0.4) is 0 Å². The van der Waals surface area contributed by atoms with Gasteiger partial charge in [0.1, 0.15) is 0 Å². The molecule has 1 amide bonds. The van der Waals surface area contributed by atoms with E-state index in [0.717, 1.165) is 8.95 Å². The summed E-state index contributed by atoms with van der Waals surface area (Å²) in [7, 11) is 0. The average Bonchev–Trinajstić information content (AvgIpc) is 2.68. The second-order valence-electron chi connectivity index (χ2n) is 3.19. The summed E-state index contributed by atoms with van der Waals surface area (Å²) in [6.07, 6.45) is 1.45. The Morgan fingerprint density at radius 3 is 2.53 bits per heavy atom. The summed E-state index contributed by atoms with van der Waals surface area (Å²) in [5.74, 6) is -0.228. The number of furan rings is 1. The second kappa shape index (κ2) is 5.37. The summed E-state index contributed by atoms with van der Waals surface area (Å²) in [5.41, 5.74) is 1.16. The molecule has 2 aromatic rings. The van der Waals surface area contributed by atoms with Gasteiger partial charge in [-0.25, -0.2) is 0 Å². The Labute approximate surface area is 123 Å². The number of hydrogen-bond acceptors (Lipinski definition) is 2. The molecule has 0 spiro atoms. The van der Waals surface area contributed by atoms with Crippen LogP contribution in [0, 0.1) is 0 Å². The van der Waals surface area contributed by atoms with Crippen molar-refractivity contribution in [3.63, 3.8) is 0 Å². The third-order valence-electron chi connectivity index (χ3n) is 2.04. The molecule has 1 aromatic heterocycles. The smallest absolute Gasteiger partial charge is 0.260 e. The standard InChI is InChI=1S/C11H6Br3NO2/c12-6-1-2-9(8(13)5-6)15-11(16)7-3-4-17-10(7)14/h1-5H,(H,15,16). The monoisotopic (exact) mass is 421 g/mol. The minimum Gasteiger partial charge on any atom is -0.457 e. The lowest BCUT2D eigenvalue weighted by atomic mass is 10.3. The topological polar surface area (TPSA) is 42.2 Å². The van der Waals surface area contributed by atoms with Gasteiger partial charge in [0, 0.05) is 8.95 Å². The van der Waals surface area contributed by atoms with Crippen LogP contribution in [-0.4, -0.2) is 5.91 Å². The van der Waals surface area contributed by atoms with E-state index < -0.39 is 0 Å². The zero-order valence-electron chi connectivity index (χ0n) is 8.34. The van der Waals surface area contributed by atoms with Crippen molar-refractivity contribution in [1.82, 2.24) is 0 Å². The average molecular weight is 424 g/mol. The Morgan fingerprint density at radius 2 is 1.94 bits per heavy atom. The summed E-state index contributed by atoms with van der Waals surface area (Å²) >= 11 is 9.89. The fourth-order valence-electron chi connectivity index (χ4n) is 1.24. The van der Waals surface area contributed by atoms with Crippen LogP contribution in [0.1, 0.15) is 10.4 Å². The fourth-order valence-corrected chi connectivity index (χ4v) is 2.80. The van der Waals surface area contributed by atoms with E-state index in [2.05, 4.69) is 53.1 Å². The van der Waals surface area contributed by atoms with Gasteiger partial charge in [0.2, 0.25) is 0 Å². The fraction of sp³-hybridized carbons (Fsp3) is 0. The van der Waals surface area contributed by atoms with Gasteiger partial charge in [0.15, 0.2) is 4.67 Å². The van der Waals surface area contributed by atoms with Crippen LogP contribution >= 0.6 is 47.8 Å². The number of rotatable bonds is 2. The third kappa shape index (κ3) is 3.00. The molecule has 1 heterocycles. The first kappa shape index (κ1) is 12.9. The molecule has 88 valence electrons. The molecule has 0 aliphatic carbocycles. The SMILES string of the molecule is O=C(Nc1ccc(Br)cc1Br)c1ccoc1Br. The number of amides is 1. The van der Waals surface area contributed by atoms with Gasteiger partial charge in [-0.1, -0.05) is 15.9 Å². The van der Waals surface area contributed by atoms with E-state index in [-0.39, 0.29) is 5.91 Å². The number of anilines is 1. The van der Waals surface area contributed by atoms with Crippen LogP contribution in [0.5, 0.6) is 0 Å². The van der Waals surface area contributed by atoms with Gasteiger partial charge in [-0.15, -0.1) is 0 Å². The van der Waals surface area contributed by atoms with Gasteiger partial charge in [0.25, 0.3) is 5.91 Å². The molecular formula is C11H6Br3NO2. The first-order chi connectivity index (χ1) is 8.08. The zero-order valence-corrected chi connectivity index (χ0v) is 13.1. The molecule has 2 rings (SSSR count). The Balaban J connectivity index is 2.22.